The molecule has 1 nitrogen and oxygen atoms in total. The van der Waals surface area contributed by atoms with Crippen LogP contribution in [0.15, 0.2) is 42.5 Å². The molecule has 0 aliphatic heterocycles. The van der Waals surface area contributed by atoms with E-state index in [1.807, 2.05) is 49.4 Å². The van der Waals surface area contributed by atoms with Crippen LogP contribution in [0.1, 0.15) is 15.9 Å². The molecule has 0 amide bonds. The zero-order valence-corrected chi connectivity index (χ0v) is 9.66. The molecule has 0 aromatic heterocycles. The van der Waals surface area contributed by atoms with Gasteiger partial charge in [-0.25, -0.2) is 0 Å². The third-order valence-electron chi connectivity index (χ3n) is 2.55. The highest BCUT2D eigenvalue weighted by Gasteiger charge is 2.02. The van der Waals surface area contributed by atoms with Crippen LogP contribution in [0.25, 0.3) is 11.1 Å². The van der Waals surface area contributed by atoms with Crippen molar-refractivity contribution in [2.75, 3.05) is 0 Å². The molecule has 2 aromatic rings. The predicted octanol–water partition coefficient (Wildman–Crippen LogP) is 4.13. The Morgan fingerprint density at radius 3 is 2.31 bits per heavy atom. The summed E-state index contributed by atoms with van der Waals surface area (Å²) in [6.07, 6.45) is 0.846. The van der Waals surface area contributed by atoms with Gasteiger partial charge in [0.15, 0.2) is 0 Å². The Morgan fingerprint density at radius 2 is 1.75 bits per heavy atom. The number of rotatable bonds is 2. The Labute approximate surface area is 99.7 Å². The zero-order valence-electron chi connectivity index (χ0n) is 8.91. The highest BCUT2D eigenvalue weighted by atomic mass is 35.5. The van der Waals surface area contributed by atoms with Crippen LogP contribution in [0.5, 0.6) is 0 Å². The summed E-state index contributed by atoms with van der Waals surface area (Å²) < 4.78 is 0. The highest BCUT2D eigenvalue weighted by Crippen LogP contribution is 2.25. The highest BCUT2D eigenvalue weighted by molar-refractivity contribution is 6.30. The Kier molecular flexibility index (Phi) is 3.07. The summed E-state index contributed by atoms with van der Waals surface area (Å²) in [5.74, 6) is 0. The normalized spacial score (nSPS) is 10.1. The molecule has 0 radical (unpaired) electrons. The van der Waals surface area contributed by atoms with Crippen LogP contribution in [0.3, 0.4) is 0 Å². The topological polar surface area (TPSA) is 17.1 Å². The minimum absolute atomic E-state index is 0.690. The molecule has 0 unspecified atom stereocenters. The van der Waals surface area contributed by atoms with Crippen LogP contribution in [0, 0.1) is 6.92 Å². The first kappa shape index (κ1) is 10.9. The summed E-state index contributed by atoms with van der Waals surface area (Å²) in [6.45, 7) is 2.02. The summed E-state index contributed by atoms with van der Waals surface area (Å²) in [4.78, 5) is 10.5. The number of benzene rings is 2. The van der Waals surface area contributed by atoms with Crippen molar-refractivity contribution in [2.24, 2.45) is 0 Å². The van der Waals surface area contributed by atoms with Gasteiger partial charge in [-0.15, -0.1) is 0 Å². The zero-order chi connectivity index (χ0) is 11.5. The Morgan fingerprint density at radius 1 is 1.06 bits per heavy atom. The largest absolute Gasteiger partial charge is 0.298 e. The van der Waals surface area contributed by atoms with Crippen molar-refractivity contribution < 1.29 is 4.79 Å². The maximum Gasteiger partial charge on any atom is 0.150 e. The van der Waals surface area contributed by atoms with E-state index in [2.05, 4.69) is 0 Å². The molecule has 0 saturated heterocycles. The summed E-state index contributed by atoms with van der Waals surface area (Å²) in [5, 5.41) is 0.741. The van der Waals surface area contributed by atoms with Crippen molar-refractivity contribution in [3.05, 3.63) is 58.6 Å². The van der Waals surface area contributed by atoms with Gasteiger partial charge in [0.1, 0.15) is 6.29 Å². The first-order chi connectivity index (χ1) is 7.70. The van der Waals surface area contributed by atoms with Gasteiger partial charge in [0.25, 0.3) is 0 Å². The van der Waals surface area contributed by atoms with E-state index in [1.165, 1.54) is 0 Å². The number of hydrogen-bond acceptors (Lipinski definition) is 1. The number of carbonyl (C=O) groups excluding carboxylic acids is 1. The van der Waals surface area contributed by atoms with Gasteiger partial charge >= 0.3 is 0 Å². The van der Waals surface area contributed by atoms with Crippen LogP contribution in [-0.4, -0.2) is 6.29 Å². The lowest BCUT2D eigenvalue weighted by Gasteiger charge is -2.06. The van der Waals surface area contributed by atoms with Crippen molar-refractivity contribution in [3.8, 4) is 11.1 Å². The van der Waals surface area contributed by atoms with E-state index < -0.39 is 0 Å². The van der Waals surface area contributed by atoms with Crippen molar-refractivity contribution in [2.45, 2.75) is 6.92 Å². The second kappa shape index (κ2) is 4.50. The van der Waals surface area contributed by atoms with E-state index in [4.69, 9.17) is 11.6 Å². The van der Waals surface area contributed by atoms with Gasteiger partial charge in [0.2, 0.25) is 0 Å². The number of halogens is 1. The number of aldehydes is 1. The molecular formula is C14H11ClO. The molecule has 80 valence electrons. The van der Waals surface area contributed by atoms with Gasteiger partial charge in [-0.2, -0.15) is 0 Å². The van der Waals surface area contributed by atoms with Gasteiger partial charge in [-0.05, 0) is 35.7 Å². The van der Waals surface area contributed by atoms with Crippen LogP contribution in [-0.2, 0) is 0 Å². The van der Waals surface area contributed by atoms with E-state index in [0.29, 0.717) is 5.56 Å². The average molecular weight is 231 g/mol. The van der Waals surface area contributed by atoms with Crippen molar-refractivity contribution in [1.82, 2.24) is 0 Å². The minimum Gasteiger partial charge on any atom is -0.298 e. The van der Waals surface area contributed by atoms with Gasteiger partial charge in [0.05, 0.1) is 0 Å². The number of hydrogen-bond donors (Lipinski definition) is 0. The van der Waals surface area contributed by atoms with E-state index in [1.54, 1.807) is 0 Å². The molecule has 0 heterocycles. The first-order valence-electron chi connectivity index (χ1n) is 5.02. The van der Waals surface area contributed by atoms with Gasteiger partial charge in [0, 0.05) is 10.6 Å². The van der Waals surface area contributed by atoms with Crippen molar-refractivity contribution in [1.29, 1.82) is 0 Å². The van der Waals surface area contributed by atoms with Crippen molar-refractivity contribution >= 4 is 17.9 Å². The molecule has 0 aliphatic rings. The van der Waals surface area contributed by atoms with Crippen LogP contribution < -0.4 is 0 Å². The van der Waals surface area contributed by atoms with Gasteiger partial charge in [-0.1, -0.05) is 41.9 Å². The lowest BCUT2D eigenvalue weighted by atomic mass is 10.00. The molecule has 0 bridgehead atoms. The van der Waals surface area contributed by atoms with E-state index in [-0.39, 0.29) is 0 Å². The van der Waals surface area contributed by atoms with Crippen LogP contribution in [0.4, 0.5) is 0 Å². The smallest absolute Gasteiger partial charge is 0.150 e. The monoisotopic (exact) mass is 230 g/mol. The minimum atomic E-state index is 0.690. The fraction of sp³-hybridized carbons (Fsp3) is 0.0714. The molecule has 0 N–H and O–H groups in total. The molecule has 16 heavy (non-hydrogen) atoms. The molecule has 2 rings (SSSR count). The van der Waals surface area contributed by atoms with E-state index in [0.717, 1.165) is 28.0 Å². The number of carbonyl (C=O) groups is 1. The lowest BCUT2D eigenvalue weighted by Crippen LogP contribution is -1.84. The molecule has 2 aromatic carbocycles. The summed E-state index contributed by atoms with van der Waals surface area (Å²) in [7, 11) is 0. The van der Waals surface area contributed by atoms with Gasteiger partial charge < -0.3 is 0 Å². The second-order valence-corrected chi connectivity index (χ2v) is 4.14. The Hall–Kier alpha value is -1.60. The summed E-state index contributed by atoms with van der Waals surface area (Å²) in [5.41, 5.74) is 4.06. The SMILES string of the molecule is Cc1cc(Cl)ccc1-c1ccc(C=O)cc1. The maximum atomic E-state index is 10.5. The average Bonchev–Trinajstić information content (AvgIpc) is 2.29. The first-order valence-corrected chi connectivity index (χ1v) is 5.40. The van der Waals surface area contributed by atoms with Crippen LogP contribution in [0.2, 0.25) is 5.02 Å². The van der Waals surface area contributed by atoms with Crippen molar-refractivity contribution in [3.63, 3.8) is 0 Å². The molecule has 0 spiro atoms. The standard InChI is InChI=1S/C14H11ClO/c1-10-8-13(15)6-7-14(10)12-4-2-11(9-16)3-5-12/h2-9H,1H3. The molecule has 0 fully saturated rings. The summed E-state index contributed by atoms with van der Waals surface area (Å²) >= 11 is 5.91. The maximum absolute atomic E-state index is 10.5. The predicted molar refractivity (Wildman–Crippen MR) is 67.0 cm³/mol. The fourth-order valence-electron chi connectivity index (χ4n) is 1.69. The van der Waals surface area contributed by atoms with Crippen LogP contribution >= 0.6 is 11.6 Å². The number of aryl methyl sites for hydroxylation is 1. The molecule has 0 aliphatic carbocycles. The second-order valence-electron chi connectivity index (χ2n) is 3.70. The third-order valence-corrected chi connectivity index (χ3v) is 2.78. The molecule has 0 saturated carbocycles. The summed E-state index contributed by atoms with van der Waals surface area (Å²) in [6, 6.07) is 13.3. The molecule has 2 heteroatoms. The molecule has 0 atom stereocenters. The Bertz CT molecular complexity index is 515. The third kappa shape index (κ3) is 2.15. The van der Waals surface area contributed by atoms with E-state index in [9.17, 15) is 4.79 Å². The quantitative estimate of drug-likeness (QED) is 0.709. The fourth-order valence-corrected chi connectivity index (χ4v) is 1.92. The Balaban J connectivity index is 2.46. The van der Waals surface area contributed by atoms with E-state index >= 15 is 0 Å². The lowest BCUT2D eigenvalue weighted by molar-refractivity contribution is 0.112. The van der Waals surface area contributed by atoms with Gasteiger partial charge in [-0.3, -0.25) is 4.79 Å². The molecular weight excluding hydrogens is 220 g/mol.